The molecule has 1 unspecified atom stereocenters. The molecule has 0 amide bonds. The van der Waals surface area contributed by atoms with Crippen molar-refractivity contribution in [3.05, 3.63) is 102 Å². The Labute approximate surface area is 184 Å². The van der Waals surface area contributed by atoms with Crippen LogP contribution in [0.1, 0.15) is 22.2 Å². The number of methoxy groups -OCH3 is 1. The number of benzene rings is 3. The summed E-state index contributed by atoms with van der Waals surface area (Å²) in [5, 5.41) is 14.5. The molecule has 1 aliphatic heterocycles. The number of ether oxygens (including phenoxy) is 2. The molecule has 31 heavy (non-hydrogen) atoms. The van der Waals surface area contributed by atoms with Crippen molar-refractivity contribution in [3.63, 3.8) is 0 Å². The number of rotatable bonds is 6. The van der Waals surface area contributed by atoms with Gasteiger partial charge in [0, 0.05) is 0 Å². The highest BCUT2D eigenvalue weighted by Crippen LogP contribution is 2.40. The Kier molecular flexibility index (Phi) is 5.41. The van der Waals surface area contributed by atoms with Gasteiger partial charge in [-0.1, -0.05) is 72.4 Å². The van der Waals surface area contributed by atoms with Gasteiger partial charge in [-0.2, -0.15) is 9.78 Å². The molecule has 7 heteroatoms. The van der Waals surface area contributed by atoms with Gasteiger partial charge >= 0.3 is 0 Å². The van der Waals surface area contributed by atoms with E-state index < -0.39 is 0 Å². The molecule has 0 radical (unpaired) electrons. The number of thioether (sulfide) groups is 1. The first-order valence-electron chi connectivity index (χ1n) is 9.89. The highest BCUT2D eigenvalue weighted by molar-refractivity contribution is 8.00. The first kappa shape index (κ1) is 19.4. The standard InChI is InChI=1S/C24H20N4O2S/c1-29-19-12-14-20(15-13-19)30-16-21-25-26-24-28(21)27-22(17-8-4-2-5-9-17)23(31-24)18-10-6-3-7-11-18/h2-15,23H,16H2,1H3. The molecule has 154 valence electrons. The van der Waals surface area contributed by atoms with Crippen LogP contribution in [0.4, 0.5) is 0 Å². The lowest BCUT2D eigenvalue weighted by Gasteiger charge is -2.23. The fourth-order valence-electron chi connectivity index (χ4n) is 3.37. The zero-order chi connectivity index (χ0) is 21.0. The SMILES string of the molecule is COc1ccc(OCc2nnc3n2N=C(c2ccccc2)C(c2ccccc2)S3)cc1. The molecular weight excluding hydrogens is 408 g/mol. The molecule has 0 saturated carbocycles. The van der Waals surface area contributed by atoms with Crippen LogP contribution in [0.15, 0.2) is 95.2 Å². The summed E-state index contributed by atoms with van der Waals surface area (Å²) in [7, 11) is 1.64. The Morgan fingerprint density at radius 3 is 2.23 bits per heavy atom. The van der Waals surface area contributed by atoms with E-state index >= 15 is 0 Å². The second-order valence-corrected chi connectivity index (χ2v) is 8.01. The lowest BCUT2D eigenvalue weighted by molar-refractivity contribution is 0.289. The van der Waals surface area contributed by atoms with E-state index in [4.69, 9.17) is 14.6 Å². The van der Waals surface area contributed by atoms with Gasteiger partial charge in [0.1, 0.15) is 18.1 Å². The van der Waals surface area contributed by atoms with Crippen molar-refractivity contribution in [1.29, 1.82) is 0 Å². The van der Waals surface area contributed by atoms with Crippen LogP contribution in [0.5, 0.6) is 11.5 Å². The minimum atomic E-state index is 0.0376. The van der Waals surface area contributed by atoms with Crippen molar-refractivity contribution in [2.24, 2.45) is 5.10 Å². The number of aromatic nitrogens is 3. The highest BCUT2D eigenvalue weighted by Gasteiger charge is 2.30. The monoisotopic (exact) mass is 428 g/mol. The first-order valence-corrected chi connectivity index (χ1v) is 10.8. The van der Waals surface area contributed by atoms with Gasteiger partial charge in [0.2, 0.25) is 5.16 Å². The molecule has 1 atom stereocenters. The van der Waals surface area contributed by atoms with Crippen LogP contribution in [0, 0.1) is 0 Å². The first-order chi connectivity index (χ1) is 15.3. The molecule has 5 rings (SSSR count). The maximum absolute atomic E-state index is 5.91. The molecular formula is C24H20N4O2S. The normalized spacial score (nSPS) is 15.1. The van der Waals surface area contributed by atoms with Crippen LogP contribution in [-0.4, -0.2) is 27.7 Å². The summed E-state index contributed by atoms with van der Waals surface area (Å²) < 4.78 is 12.9. The topological polar surface area (TPSA) is 61.5 Å². The van der Waals surface area contributed by atoms with Gasteiger partial charge in [0.15, 0.2) is 5.82 Å². The third-order valence-electron chi connectivity index (χ3n) is 4.96. The van der Waals surface area contributed by atoms with Crippen LogP contribution >= 0.6 is 11.8 Å². The van der Waals surface area contributed by atoms with Gasteiger partial charge in [-0.3, -0.25) is 0 Å². The summed E-state index contributed by atoms with van der Waals surface area (Å²) in [6.45, 7) is 0.265. The van der Waals surface area contributed by atoms with Gasteiger partial charge in [0.05, 0.1) is 18.1 Å². The molecule has 0 saturated heterocycles. The minimum Gasteiger partial charge on any atom is -0.497 e. The fraction of sp³-hybridized carbons (Fsp3) is 0.125. The molecule has 1 aromatic heterocycles. The van der Waals surface area contributed by atoms with E-state index in [1.54, 1.807) is 23.5 Å². The summed E-state index contributed by atoms with van der Waals surface area (Å²) in [5.41, 5.74) is 3.22. The van der Waals surface area contributed by atoms with Crippen LogP contribution in [0.25, 0.3) is 0 Å². The summed E-state index contributed by atoms with van der Waals surface area (Å²) >= 11 is 1.65. The molecule has 0 spiro atoms. The van der Waals surface area contributed by atoms with E-state index in [0.29, 0.717) is 5.82 Å². The fourth-order valence-corrected chi connectivity index (χ4v) is 4.51. The van der Waals surface area contributed by atoms with Gasteiger partial charge in [-0.05, 0) is 35.4 Å². The van der Waals surface area contributed by atoms with Crippen LogP contribution in [-0.2, 0) is 6.61 Å². The van der Waals surface area contributed by atoms with Crippen molar-refractivity contribution < 1.29 is 9.47 Å². The Bertz CT molecular complexity index is 1190. The lowest BCUT2D eigenvalue weighted by atomic mass is 10.0. The average molecular weight is 429 g/mol. The second-order valence-electron chi connectivity index (χ2n) is 6.93. The Hall–Kier alpha value is -3.58. The van der Waals surface area contributed by atoms with Gasteiger partial charge in [-0.25, -0.2) is 0 Å². The average Bonchev–Trinajstić information content (AvgIpc) is 3.25. The third-order valence-corrected chi connectivity index (χ3v) is 6.15. The summed E-state index contributed by atoms with van der Waals surface area (Å²) in [6, 6.07) is 28.0. The summed E-state index contributed by atoms with van der Waals surface area (Å²) in [5.74, 6) is 2.17. The van der Waals surface area contributed by atoms with Gasteiger partial charge in [0.25, 0.3) is 0 Å². The Morgan fingerprint density at radius 1 is 0.839 bits per heavy atom. The summed E-state index contributed by atoms with van der Waals surface area (Å²) in [4.78, 5) is 0. The molecule has 0 aliphatic carbocycles. The Balaban J connectivity index is 1.46. The predicted octanol–water partition coefficient (Wildman–Crippen LogP) is 4.97. The van der Waals surface area contributed by atoms with Gasteiger partial charge < -0.3 is 9.47 Å². The van der Waals surface area contributed by atoms with Crippen LogP contribution < -0.4 is 9.47 Å². The van der Waals surface area contributed by atoms with E-state index in [-0.39, 0.29) is 11.9 Å². The number of hydrogen-bond acceptors (Lipinski definition) is 6. The largest absolute Gasteiger partial charge is 0.497 e. The van der Waals surface area contributed by atoms with E-state index in [2.05, 4.69) is 34.5 Å². The quantitative estimate of drug-likeness (QED) is 0.434. The van der Waals surface area contributed by atoms with Crippen molar-refractivity contribution >= 4 is 17.5 Å². The minimum absolute atomic E-state index is 0.0376. The van der Waals surface area contributed by atoms with Crippen molar-refractivity contribution in [2.75, 3.05) is 7.11 Å². The summed E-state index contributed by atoms with van der Waals surface area (Å²) in [6.07, 6.45) is 0. The highest BCUT2D eigenvalue weighted by atomic mass is 32.2. The molecule has 3 aromatic carbocycles. The number of hydrogen-bond donors (Lipinski definition) is 0. The molecule has 0 bridgehead atoms. The van der Waals surface area contributed by atoms with E-state index in [0.717, 1.165) is 27.9 Å². The Morgan fingerprint density at radius 2 is 1.52 bits per heavy atom. The third kappa shape index (κ3) is 4.04. The maximum Gasteiger partial charge on any atom is 0.213 e. The molecule has 0 fully saturated rings. The van der Waals surface area contributed by atoms with Crippen molar-refractivity contribution in [3.8, 4) is 11.5 Å². The number of nitrogens with zero attached hydrogens (tertiary/aromatic N) is 4. The predicted molar refractivity (Wildman–Crippen MR) is 121 cm³/mol. The molecule has 2 heterocycles. The van der Waals surface area contributed by atoms with E-state index in [9.17, 15) is 0 Å². The van der Waals surface area contributed by atoms with E-state index in [1.807, 2.05) is 60.7 Å². The second kappa shape index (κ2) is 8.65. The van der Waals surface area contributed by atoms with Crippen LogP contribution in [0.2, 0.25) is 0 Å². The maximum atomic E-state index is 5.91. The number of fused-ring (bicyclic) bond motifs is 1. The van der Waals surface area contributed by atoms with Gasteiger partial charge in [-0.15, -0.1) is 10.2 Å². The smallest absolute Gasteiger partial charge is 0.213 e. The van der Waals surface area contributed by atoms with Crippen molar-refractivity contribution in [1.82, 2.24) is 14.9 Å². The van der Waals surface area contributed by atoms with Crippen LogP contribution in [0.3, 0.4) is 0 Å². The van der Waals surface area contributed by atoms with E-state index in [1.165, 1.54) is 5.56 Å². The molecule has 4 aromatic rings. The van der Waals surface area contributed by atoms with Crippen molar-refractivity contribution in [2.45, 2.75) is 17.0 Å². The lowest BCUT2D eigenvalue weighted by Crippen LogP contribution is -2.19. The zero-order valence-electron chi connectivity index (χ0n) is 16.9. The zero-order valence-corrected chi connectivity index (χ0v) is 17.7. The molecule has 1 aliphatic rings. The molecule has 0 N–H and O–H groups in total. The molecule has 6 nitrogen and oxygen atoms in total.